The maximum atomic E-state index is 2.34. The Morgan fingerprint density at radius 2 is 1.20 bits per heavy atom. The molecule has 0 saturated heterocycles. The van der Waals surface area contributed by atoms with Crippen LogP contribution in [0.15, 0.2) is 0 Å². The van der Waals surface area contributed by atoms with Crippen LogP contribution in [-0.4, -0.2) is 0 Å². The Balaban J connectivity index is -0.0000000450. The van der Waals surface area contributed by atoms with Crippen molar-refractivity contribution in [2.75, 3.05) is 0 Å². The maximum Gasteiger partial charge on any atom is 0 e. The number of hydrogen-bond donors (Lipinski definition) is 0. The fourth-order valence-corrected chi connectivity index (χ4v) is 1.13. The second-order valence-corrected chi connectivity index (χ2v) is 2.39. The molecule has 0 bridgehead atoms. The minimum atomic E-state index is 0. The second-order valence-electron chi connectivity index (χ2n) is 2.39. The summed E-state index contributed by atoms with van der Waals surface area (Å²) in [6, 6.07) is 0. The molecule has 0 heterocycles. The molecule has 0 atom stereocenters. The molecule has 0 radical (unpaired) electrons. The van der Waals surface area contributed by atoms with Crippen molar-refractivity contribution in [2.24, 2.45) is 5.92 Å². The summed E-state index contributed by atoms with van der Waals surface area (Å²) in [5.41, 5.74) is 0. The van der Waals surface area contributed by atoms with Crippen LogP contribution in [0.2, 0.25) is 0 Å². The number of hydrogen-bond acceptors (Lipinski definition) is 0. The zero-order chi connectivity index (χ0) is 4.41. The Labute approximate surface area is 82.1 Å². The van der Waals surface area contributed by atoms with Crippen molar-refractivity contribution in [1.82, 2.24) is 0 Å². The van der Waals surface area contributed by atoms with E-state index in [4.69, 9.17) is 0 Å². The Morgan fingerprint density at radius 1 is 0.900 bits per heavy atom. The molecule has 0 spiro atoms. The van der Waals surface area contributed by atoms with Gasteiger partial charge in [0.1, 0.15) is 0 Å². The fourth-order valence-electron chi connectivity index (χ4n) is 1.13. The van der Waals surface area contributed by atoms with Crippen LogP contribution >= 0.6 is 0 Å². The third-order valence-electron chi connectivity index (χ3n) is 1.64. The van der Waals surface area contributed by atoms with Gasteiger partial charge < -0.3 is 22.3 Å². The van der Waals surface area contributed by atoms with E-state index in [1.54, 1.807) is 0 Å². The fraction of sp³-hybridized carbons (Fsp3) is 0.667. The van der Waals surface area contributed by atoms with E-state index < -0.39 is 0 Å². The molecule has 0 aliphatic heterocycles. The molecule has 1 aliphatic carbocycles. The quantitative estimate of drug-likeness (QED) is 0.598. The average molecular weight is 324 g/mol. The topological polar surface area (TPSA) is 0 Å². The molecule has 1 fully saturated rings. The second kappa shape index (κ2) is 12.4. The monoisotopic (exact) mass is 324 g/mol. The summed E-state index contributed by atoms with van der Waals surface area (Å²) >= 11 is 0. The first-order valence-corrected chi connectivity index (χ1v) is 2.89. The van der Waals surface area contributed by atoms with Crippen molar-refractivity contribution in [3.63, 3.8) is 0 Å². The predicted molar refractivity (Wildman–Crippen MR) is 46.9 cm³/mol. The van der Waals surface area contributed by atoms with Crippen molar-refractivity contribution in [3.05, 3.63) is 22.3 Å². The van der Waals surface area contributed by atoms with Gasteiger partial charge in [-0.25, -0.2) is 0 Å². The van der Waals surface area contributed by atoms with Crippen LogP contribution in [0.25, 0.3) is 0 Å². The summed E-state index contributed by atoms with van der Waals surface area (Å²) in [6.07, 6.45) is 5.95. The predicted octanol–water partition coefficient (Wildman–Crippen LogP) is 3.54. The molecule has 0 nitrogen and oxygen atoms in total. The summed E-state index contributed by atoms with van der Waals surface area (Å²) in [7, 11) is 0. The Bertz CT molecular complexity index is 38.0. The van der Waals surface area contributed by atoms with Crippen LogP contribution in [0, 0.1) is 28.2 Å². The normalized spacial score (nSPS) is 15.3. The van der Waals surface area contributed by atoms with E-state index in [9.17, 15) is 0 Å². The summed E-state index contributed by atoms with van der Waals surface area (Å²) in [5.74, 6) is 1.05. The van der Waals surface area contributed by atoms with Crippen molar-refractivity contribution in [3.8, 4) is 0 Å². The summed E-state index contributed by atoms with van der Waals surface area (Å²) in [4.78, 5) is 0. The zero-order valence-electron chi connectivity index (χ0n) is 7.72. The van der Waals surface area contributed by atoms with Crippen LogP contribution in [0.5, 0.6) is 0 Å². The van der Waals surface area contributed by atoms with Gasteiger partial charge in [0.2, 0.25) is 0 Å². The first kappa shape index (κ1) is 22.4. The molecule has 1 aliphatic rings. The van der Waals surface area contributed by atoms with Gasteiger partial charge in [0.25, 0.3) is 0 Å². The van der Waals surface area contributed by atoms with Crippen LogP contribution < -0.4 is 0 Å². The maximum absolute atomic E-state index is 2.34. The molecule has 0 amide bonds. The molecule has 0 aromatic heterocycles. The van der Waals surface area contributed by atoms with Crippen LogP contribution in [0.3, 0.4) is 0 Å². The van der Waals surface area contributed by atoms with Crippen molar-refractivity contribution >= 4 is 0 Å². The van der Waals surface area contributed by atoms with Gasteiger partial charge >= 0.3 is 0 Å². The van der Waals surface area contributed by atoms with E-state index in [0.29, 0.717) is 0 Å². The Hall–Kier alpha value is 0.688. The molecule has 0 aromatic rings. The summed E-state index contributed by atoms with van der Waals surface area (Å²) < 4.78 is 0. The SMILES string of the molecule is CC1CCCC1.[CH3-].[CH3-].[CH3-].[Pt]. The van der Waals surface area contributed by atoms with Crippen molar-refractivity contribution in [1.29, 1.82) is 0 Å². The van der Waals surface area contributed by atoms with Gasteiger partial charge in [0, 0.05) is 21.1 Å². The molecule has 70 valence electrons. The van der Waals surface area contributed by atoms with Gasteiger partial charge in [-0.1, -0.05) is 32.6 Å². The minimum absolute atomic E-state index is 0. The Morgan fingerprint density at radius 3 is 1.30 bits per heavy atom. The van der Waals surface area contributed by atoms with E-state index in [1.807, 2.05) is 0 Å². The van der Waals surface area contributed by atoms with E-state index >= 15 is 0 Å². The van der Waals surface area contributed by atoms with Crippen molar-refractivity contribution < 1.29 is 21.1 Å². The molecule has 0 aromatic carbocycles. The third-order valence-corrected chi connectivity index (χ3v) is 1.64. The van der Waals surface area contributed by atoms with E-state index in [1.165, 1.54) is 25.7 Å². The molecule has 0 unspecified atom stereocenters. The summed E-state index contributed by atoms with van der Waals surface area (Å²) in [6.45, 7) is 2.34. The Kier molecular flexibility index (Phi) is 27.7. The summed E-state index contributed by atoms with van der Waals surface area (Å²) in [5, 5.41) is 0. The van der Waals surface area contributed by atoms with Crippen LogP contribution in [-0.2, 0) is 21.1 Å². The molecule has 10 heavy (non-hydrogen) atoms. The van der Waals surface area contributed by atoms with Gasteiger partial charge in [-0.05, 0) is 5.92 Å². The van der Waals surface area contributed by atoms with Gasteiger partial charge in [-0.3, -0.25) is 0 Å². The van der Waals surface area contributed by atoms with Crippen LogP contribution in [0.4, 0.5) is 0 Å². The van der Waals surface area contributed by atoms with Crippen molar-refractivity contribution in [2.45, 2.75) is 32.6 Å². The molecule has 1 saturated carbocycles. The van der Waals surface area contributed by atoms with E-state index in [0.717, 1.165) is 5.92 Å². The third kappa shape index (κ3) is 8.69. The van der Waals surface area contributed by atoms with Gasteiger partial charge in [0.15, 0.2) is 0 Å². The van der Waals surface area contributed by atoms with Gasteiger partial charge in [-0.2, -0.15) is 0 Å². The number of rotatable bonds is 0. The largest absolute Gasteiger partial charge is 0.358 e. The van der Waals surface area contributed by atoms with E-state index in [-0.39, 0.29) is 43.3 Å². The molecular formula is C9H21Pt-3. The van der Waals surface area contributed by atoms with Crippen LogP contribution in [0.1, 0.15) is 32.6 Å². The first-order chi connectivity index (χ1) is 2.89. The van der Waals surface area contributed by atoms with Gasteiger partial charge in [0.05, 0.1) is 0 Å². The smallest absolute Gasteiger partial charge is 0 e. The molecular weight excluding hydrogens is 303 g/mol. The first-order valence-electron chi connectivity index (χ1n) is 2.89. The standard InChI is InChI=1S/C6H12.3CH3.Pt/c1-6-4-2-3-5-6;;;;/h6H,2-5H2,1H3;3*1H3;/q;3*-1;. The molecule has 0 N–H and O–H groups in total. The average Bonchev–Trinajstić information content (AvgIpc) is 1.86. The minimum Gasteiger partial charge on any atom is -0.358 e. The molecule has 1 heteroatoms. The van der Waals surface area contributed by atoms with E-state index in [2.05, 4.69) is 6.92 Å². The van der Waals surface area contributed by atoms with Gasteiger partial charge in [-0.15, -0.1) is 0 Å². The molecule has 1 rings (SSSR count). The zero-order valence-corrected chi connectivity index (χ0v) is 9.99.